The number of hydrogen-bond donors (Lipinski definition) is 1. The standard InChI is InChI=1S/C15H8F15NO2/c16-8(17)10(19,20)12(23,24)14(27,28)15(29,30)13(25,26)11(21,22)9(18)33-7(32)5-2-1-3-6(31)4-5/h1-4,8-9H,31H2. The molecule has 0 spiro atoms. The molecular weight excluding hydrogens is 511 g/mol. The lowest BCUT2D eigenvalue weighted by atomic mass is 9.91. The number of carbonyl (C=O) groups excluding carboxylic acids is 1. The van der Waals surface area contributed by atoms with Crippen LogP contribution in [0.5, 0.6) is 0 Å². The van der Waals surface area contributed by atoms with E-state index in [9.17, 15) is 70.7 Å². The molecule has 0 amide bonds. The Hall–Kier alpha value is -2.56. The van der Waals surface area contributed by atoms with Crippen molar-refractivity contribution in [1.29, 1.82) is 0 Å². The molecule has 0 aromatic heterocycles. The second kappa shape index (κ2) is 8.34. The van der Waals surface area contributed by atoms with Crippen LogP contribution in [0, 0.1) is 0 Å². The number of anilines is 1. The minimum absolute atomic E-state index is 0.328. The second-order valence-corrected chi connectivity index (χ2v) is 6.19. The normalized spacial score (nSPS) is 15.5. The van der Waals surface area contributed by atoms with Gasteiger partial charge in [0, 0.05) is 5.69 Å². The average molecular weight is 519 g/mol. The molecule has 0 fully saturated rings. The Morgan fingerprint density at radius 2 is 1.15 bits per heavy atom. The smallest absolute Gasteiger partial charge is 0.385 e. The fourth-order valence-corrected chi connectivity index (χ4v) is 1.99. The van der Waals surface area contributed by atoms with Gasteiger partial charge in [-0.05, 0) is 18.2 Å². The topological polar surface area (TPSA) is 52.3 Å². The molecule has 33 heavy (non-hydrogen) atoms. The molecule has 0 saturated heterocycles. The third-order valence-corrected chi connectivity index (χ3v) is 3.91. The first kappa shape index (κ1) is 28.5. The highest BCUT2D eigenvalue weighted by Gasteiger charge is 2.92. The zero-order valence-electron chi connectivity index (χ0n) is 15.0. The van der Waals surface area contributed by atoms with E-state index in [1.807, 2.05) is 0 Å². The fourth-order valence-electron chi connectivity index (χ4n) is 1.99. The molecule has 1 atom stereocenters. The molecule has 1 rings (SSSR count). The van der Waals surface area contributed by atoms with E-state index in [4.69, 9.17) is 5.73 Å². The number of benzene rings is 1. The molecule has 0 saturated carbocycles. The number of carbonyl (C=O) groups is 1. The number of alkyl halides is 15. The summed E-state index contributed by atoms with van der Waals surface area (Å²) in [5.74, 6) is -49.7. The SMILES string of the molecule is Nc1cccc(C(=O)OC(F)C(F)(F)C(F)(F)C(F)(F)C(F)(F)C(F)(F)C(F)(F)C(F)F)c1. The Balaban J connectivity index is 3.39. The molecule has 0 aliphatic carbocycles. The van der Waals surface area contributed by atoms with Crippen LogP contribution < -0.4 is 5.73 Å². The van der Waals surface area contributed by atoms with E-state index in [0.717, 1.165) is 12.1 Å². The molecule has 0 radical (unpaired) electrons. The molecule has 190 valence electrons. The van der Waals surface area contributed by atoms with E-state index in [1.54, 1.807) is 0 Å². The monoisotopic (exact) mass is 519 g/mol. The third kappa shape index (κ3) is 4.22. The minimum Gasteiger partial charge on any atom is -0.420 e. The van der Waals surface area contributed by atoms with Crippen LogP contribution in [-0.2, 0) is 4.74 Å². The van der Waals surface area contributed by atoms with Crippen LogP contribution in [0.4, 0.5) is 71.5 Å². The number of ether oxygens (including phenoxy) is 1. The van der Waals surface area contributed by atoms with Crippen LogP contribution in [0.3, 0.4) is 0 Å². The van der Waals surface area contributed by atoms with Crippen molar-refractivity contribution in [2.24, 2.45) is 0 Å². The van der Waals surface area contributed by atoms with Gasteiger partial charge in [0.2, 0.25) is 0 Å². The maximum Gasteiger partial charge on any atom is 0.385 e. The molecule has 0 bridgehead atoms. The van der Waals surface area contributed by atoms with Gasteiger partial charge in [0.05, 0.1) is 5.56 Å². The lowest BCUT2D eigenvalue weighted by Crippen LogP contribution is -2.72. The van der Waals surface area contributed by atoms with Crippen molar-refractivity contribution < 1.29 is 75.4 Å². The highest BCUT2D eigenvalue weighted by atomic mass is 19.4. The number of nitrogen functional groups attached to an aromatic ring is 1. The zero-order chi connectivity index (χ0) is 26.4. The van der Waals surface area contributed by atoms with E-state index >= 15 is 0 Å². The Morgan fingerprint density at radius 1 is 0.727 bits per heavy atom. The van der Waals surface area contributed by atoms with E-state index in [2.05, 4.69) is 4.74 Å². The Morgan fingerprint density at radius 3 is 1.55 bits per heavy atom. The van der Waals surface area contributed by atoms with Gasteiger partial charge in [-0.1, -0.05) is 6.07 Å². The van der Waals surface area contributed by atoms with Gasteiger partial charge in [0.25, 0.3) is 0 Å². The Labute approximate surface area is 172 Å². The van der Waals surface area contributed by atoms with Gasteiger partial charge in [-0.2, -0.15) is 57.1 Å². The number of nitrogens with two attached hydrogens (primary N) is 1. The molecule has 2 N–H and O–H groups in total. The van der Waals surface area contributed by atoms with E-state index in [-0.39, 0.29) is 5.69 Å². The van der Waals surface area contributed by atoms with Gasteiger partial charge in [-0.15, -0.1) is 0 Å². The molecule has 1 unspecified atom stereocenters. The van der Waals surface area contributed by atoms with Crippen LogP contribution in [-0.4, -0.2) is 54.3 Å². The molecule has 1 aromatic rings. The molecular formula is C15H8F15NO2. The molecule has 0 aliphatic rings. The van der Waals surface area contributed by atoms with Gasteiger partial charge in [0.1, 0.15) is 0 Å². The maximum atomic E-state index is 13.6. The summed E-state index contributed by atoms with van der Waals surface area (Å²) in [5, 5.41) is 0. The largest absolute Gasteiger partial charge is 0.420 e. The van der Waals surface area contributed by atoms with Gasteiger partial charge in [-0.25, -0.2) is 13.6 Å². The number of esters is 1. The summed E-state index contributed by atoms with van der Waals surface area (Å²) in [7, 11) is 0. The summed E-state index contributed by atoms with van der Waals surface area (Å²) in [5.41, 5.74) is 3.86. The van der Waals surface area contributed by atoms with Crippen molar-refractivity contribution in [2.75, 3.05) is 5.73 Å². The average Bonchev–Trinajstić information content (AvgIpc) is 2.66. The molecule has 1 aromatic carbocycles. The fraction of sp³-hybridized carbons (Fsp3) is 0.533. The summed E-state index contributed by atoms with van der Waals surface area (Å²) in [4.78, 5) is 11.5. The predicted octanol–water partition coefficient (Wildman–Crippen LogP) is 5.80. The van der Waals surface area contributed by atoms with Gasteiger partial charge in [0.15, 0.2) is 0 Å². The van der Waals surface area contributed by atoms with Crippen LogP contribution in [0.1, 0.15) is 10.4 Å². The van der Waals surface area contributed by atoms with Crippen molar-refractivity contribution in [3.05, 3.63) is 29.8 Å². The highest BCUT2D eigenvalue weighted by molar-refractivity contribution is 5.90. The molecule has 18 heteroatoms. The van der Waals surface area contributed by atoms with E-state index in [0.29, 0.717) is 12.1 Å². The molecule has 0 aliphatic heterocycles. The summed E-state index contributed by atoms with van der Waals surface area (Å²) >= 11 is 0. The zero-order valence-corrected chi connectivity index (χ0v) is 15.0. The van der Waals surface area contributed by atoms with Crippen LogP contribution in [0.25, 0.3) is 0 Å². The van der Waals surface area contributed by atoms with Crippen molar-refractivity contribution >= 4 is 11.7 Å². The van der Waals surface area contributed by atoms with E-state index in [1.165, 1.54) is 0 Å². The minimum atomic E-state index is -8.32. The summed E-state index contributed by atoms with van der Waals surface area (Å²) in [6.45, 7) is 0. The highest BCUT2D eigenvalue weighted by Crippen LogP contribution is 2.61. The van der Waals surface area contributed by atoms with Crippen LogP contribution in [0.15, 0.2) is 24.3 Å². The quantitative estimate of drug-likeness (QED) is 0.255. The summed E-state index contributed by atoms with van der Waals surface area (Å²) in [6, 6.07) is 3.13. The Bertz CT molecular complexity index is 871. The van der Waals surface area contributed by atoms with Gasteiger partial charge >= 0.3 is 54.3 Å². The van der Waals surface area contributed by atoms with E-state index < -0.39 is 59.9 Å². The number of halogens is 15. The number of rotatable bonds is 9. The first-order chi connectivity index (χ1) is 14.5. The summed E-state index contributed by atoms with van der Waals surface area (Å²) in [6.07, 6.45) is -11.1. The van der Waals surface area contributed by atoms with Crippen molar-refractivity contribution in [1.82, 2.24) is 0 Å². The first-order valence-corrected chi connectivity index (χ1v) is 7.75. The van der Waals surface area contributed by atoms with Crippen molar-refractivity contribution in [3.63, 3.8) is 0 Å². The lowest BCUT2D eigenvalue weighted by molar-refractivity contribution is -0.441. The van der Waals surface area contributed by atoms with Gasteiger partial charge in [-0.3, -0.25) is 0 Å². The predicted molar refractivity (Wildman–Crippen MR) is 76.9 cm³/mol. The second-order valence-electron chi connectivity index (χ2n) is 6.19. The molecule has 3 nitrogen and oxygen atoms in total. The van der Waals surface area contributed by atoms with Crippen LogP contribution in [0.2, 0.25) is 0 Å². The van der Waals surface area contributed by atoms with Crippen molar-refractivity contribution in [3.8, 4) is 0 Å². The van der Waals surface area contributed by atoms with Gasteiger partial charge < -0.3 is 10.5 Å². The Kier molecular flexibility index (Phi) is 7.19. The maximum absolute atomic E-state index is 13.6. The number of hydrogen-bond acceptors (Lipinski definition) is 3. The lowest BCUT2D eigenvalue weighted by Gasteiger charge is -2.41. The van der Waals surface area contributed by atoms with Crippen LogP contribution >= 0.6 is 0 Å². The first-order valence-electron chi connectivity index (χ1n) is 7.75. The third-order valence-electron chi connectivity index (χ3n) is 3.91. The summed E-state index contributed by atoms with van der Waals surface area (Å²) < 4.78 is 200. The van der Waals surface area contributed by atoms with Crippen molar-refractivity contribution in [2.45, 2.75) is 48.3 Å². The molecule has 0 heterocycles.